The van der Waals surface area contributed by atoms with Crippen molar-refractivity contribution in [2.45, 2.75) is 18.9 Å². The van der Waals surface area contributed by atoms with E-state index in [1.54, 1.807) is 42.1 Å². The van der Waals surface area contributed by atoms with Crippen LogP contribution in [0.1, 0.15) is 29.0 Å². The molecular weight excluding hydrogens is 403 g/mol. The molecule has 1 fully saturated rings. The van der Waals surface area contributed by atoms with Gasteiger partial charge in [-0.3, -0.25) is 14.9 Å². The molecule has 2 heterocycles. The van der Waals surface area contributed by atoms with Crippen molar-refractivity contribution in [3.63, 3.8) is 0 Å². The largest absolute Gasteiger partial charge is 0.490 e. The summed E-state index contributed by atoms with van der Waals surface area (Å²) in [5, 5.41) is 11.7. The molecule has 0 radical (unpaired) electrons. The van der Waals surface area contributed by atoms with Crippen LogP contribution >= 0.6 is 0 Å². The third-order valence-corrected chi connectivity index (χ3v) is 5.36. The number of benzene rings is 2. The molecule has 1 aromatic heterocycles. The van der Waals surface area contributed by atoms with E-state index in [-0.39, 0.29) is 34.8 Å². The molecule has 0 N–H and O–H groups in total. The van der Waals surface area contributed by atoms with Crippen LogP contribution in [-0.4, -0.2) is 39.5 Å². The molecule has 160 valence electrons. The lowest BCUT2D eigenvalue weighted by atomic mass is 10.0. The van der Waals surface area contributed by atoms with Crippen molar-refractivity contribution in [1.82, 2.24) is 9.55 Å². The molecule has 4 rings (SSSR count). The third-order valence-electron chi connectivity index (χ3n) is 5.36. The maximum atomic E-state index is 13.0. The summed E-state index contributed by atoms with van der Waals surface area (Å²) in [7, 11) is 1.70. The summed E-state index contributed by atoms with van der Waals surface area (Å²) in [6.07, 6.45) is 4.44. The van der Waals surface area contributed by atoms with Gasteiger partial charge in [-0.1, -0.05) is 0 Å². The zero-order valence-electron chi connectivity index (χ0n) is 16.9. The molecule has 0 saturated carbocycles. The maximum Gasteiger partial charge on any atom is 0.293 e. The van der Waals surface area contributed by atoms with Crippen LogP contribution in [-0.2, 0) is 7.05 Å². The number of carbonyl (C=O) groups is 1. The molecule has 1 aliphatic rings. The van der Waals surface area contributed by atoms with Crippen molar-refractivity contribution in [3.8, 4) is 5.75 Å². The number of halogens is 1. The number of carbonyl (C=O) groups excluding carboxylic acids is 1. The predicted molar refractivity (Wildman–Crippen MR) is 112 cm³/mol. The number of ether oxygens (including phenoxy) is 1. The van der Waals surface area contributed by atoms with E-state index in [0.717, 1.165) is 0 Å². The maximum absolute atomic E-state index is 13.0. The van der Waals surface area contributed by atoms with Crippen molar-refractivity contribution < 1.29 is 18.8 Å². The van der Waals surface area contributed by atoms with E-state index >= 15 is 0 Å². The molecule has 0 atom stereocenters. The van der Waals surface area contributed by atoms with E-state index in [2.05, 4.69) is 4.98 Å². The van der Waals surface area contributed by atoms with Crippen LogP contribution < -0.4 is 9.64 Å². The first-order chi connectivity index (χ1) is 14.9. The normalized spacial score (nSPS) is 14.5. The van der Waals surface area contributed by atoms with Gasteiger partial charge in [0.05, 0.1) is 4.92 Å². The van der Waals surface area contributed by atoms with Crippen molar-refractivity contribution in [3.05, 3.63) is 82.2 Å². The molecule has 2 aromatic carbocycles. The molecule has 8 nitrogen and oxygen atoms in total. The second-order valence-electron chi connectivity index (χ2n) is 7.41. The number of aryl methyl sites for hydroxylation is 1. The quantitative estimate of drug-likeness (QED) is 0.340. The SMILES string of the molecule is Cn1ccnc1C(=O)c1ccc(N2CCC(Oc3ccc(F)cc3)CC2)c([N+](=O)[O-])c1. The summed E-state index contributed by atoms with van der Waals surface area (Å²) in [4.78, 5) is 29.9. The molecule has 1 saturated heterocycles. The number of nitro groups is 1. The minimum atomic E-state index is -0.467. The fourth-order valence-corrected chi connectivity index (χ4v) is 3.71. The van der Waals surface area contributed by atoms with Crippen molar-refractivity contribution >= 4 is 17.2 Å². The third kappa shape index (κ3) is 4.40. The highest BCUT2D eigenvalue weighted by Gasteiger charge is 2.27. The first kappa shape index (κ1) is 20.5. The lowest BCUT2D eigenvalue weighted by molar-refractivity contribution is -0.384. The zero-order chi connectivity index (χ0) is 22.0. The Morgan fingerprint density at radius 1 is 1.19 bits per heavy atom. The van der Waals surface area contributed by atoms with Gasteiger partial charge in [0.2, 0.25) is 5.78 Å². The number of nitrogens with zero attached hydrogens (tertiary/aromatic N) is 4. The summed E-state index contributed by atoms with van der Waals surface area (Å²) in [6.45, 7) is 1.14. The standard InChI is InChI=1S/C22H21FN4O4/c1-25-13-10-24-22(25)21(28)15-2-7-19(20(14-15)27(29)30)26-11-8-18(9-12-26)31-17-5-3-16(23)4-6-17/h2-7,10,13-14,18H,8-9,11-12H2,1H3. The van der Waals surface area contributed by atoms with E-state index in [1.807, 2.05) is 4.90 Å². The van der Waals surface area contributed by atoms with Crippen LogP contribution in [0.15, 0.2) is 54.9 Å². The van der Waals surface area contributed by atoms with Gasteiger partial charge in [-0.15, -0.1) is 0 Å². The van der Waals surface area contributed by atoms with Gasteiger partial charge in [0.1, 0.15) is 23.4 Å². The number of ketones is 1. The molecule has 0 bridgehead atoms. The first-order valence-corrected chi connectivity index (χ1v) is 9.90. The van der Waals surface area contributed by atoms with Crippen LogP contribution in [0.5, 0.6) is 5.75 Å². The Morgan fingerprint density at radius 3 is 2.52 bits per heavy atom. The van der Waals surface area contributed by atoms with Gasteiger partial charge >= 0.3 is 0 Å². The molecule has 3 aromatic rings. The van der Waals surface area contributed by atoms with Crippen molar-refractivity contribution in [1.29, 1.82) is 0 Å². The molecule has 31 heavy (non-hydrogen) atoms. The van der Waals surface area contributed by atoms with Crippen molar-refractivity contribution in [2.75, 3.05) is 18.0 Å². The lowest BCUT2D eigenvalue weighted by Gasteiger charge is -2.33. The van der Waals surface area contributed by atoms with Gasteiger partial charge < -0.3 is 14.2 Å². The summed E-state index contributed by atoms with van der Waals surface area (Å²) in [5.41, 5.74) is 0.582. The molecule has 0 amide bonds. The van der Waals surface area contributed by atoms with E-state index < -0.39 is 4.92 Å². The number of imidazole rings is 1. The lowest BCUT2D eigenvalue weighted by Crippen LogP contribution is -2.38. The van der Waals surface area contributed by atoms with Crippen LogP contribution in [0, 0.1) is 15.9 Å². The monoisotopic (exact) mass is 424 g/mol. The number of rotatable bonds is 6. The van der Waals surface area contributed by atoms with E-state index in [9.17, 15) is 19.3 Å². The van der Waals surface area contributed by atoms with E-state index in [1.165, 1.54) is 24.4 Å². The molecule has 0 unspecified atom stereocenters. The Morgan fingerprint density at radius 2 is 1.90 bits per heavy atom. The molecule has 0 aliphatic carbocycles. The number of nitro benzene ring substituents is 1. The van der Waals surface area contributed by atoms with Crippen LogP contribution in [0.2, 0.25) is 0 Å². The smallest absolute Gasteiger partial charge is 0.293 e. The summed E-state index contributed by atoms with van der Waals surface area (Å²) in [5.74, 6) is 0.136. The Kier molecular flexibility index (Phi) is 5.66. The fourth-order valence-electron chi connectivity index (χ4n) is 3.71. The minimum absolute atomic E-state index is 0.0509. The minimum Gasteiger partial charge on any atom is -0.490 e. The number of anilines is 1. The van der Waals surface area contributed by atoms with Crippen LogP contribution in [0.25, 0.3) is 0 Å². The summed E-state index contributed by atoms with van der Waals surface area (Å²) < 4.78 is 20.5. The Bertz CT molecular complexity index is 1100. The van der Waals surface area contributed by atoms with Gasteiger partial charge in [-0.25, -0.2) is 9.37 Å². The summed E-state index contributed by atoms with van der Waals surface area (Å²) in [6, 6.07) is 10.4. The number of hydrogen-bond donors (Lipinski definition) is 0. The highest BCUT2D eigenvalue weighted by molar-refractivity contribution is 6.07. The van der Waals surface area contributed by atoms with E-state index in [4.69, 9.17) is 4.74 Å². The molecule has 0 spiro atoms. The second kappa shape index (κ2) is 8.55. The number of piperidine rings is 1. The first-order valence-electron chi connectivity index (χ1n) is 9.90. The van der Waals surface area contributed by atoms with Crippen molar-refractivity contribution in [2.24, 2.45) is 7.05 Å². The van der Waals surface area contributed by atoms with Crippen LogP contribution in [0.3, 0.4) is 0 Å². The van der Waals surface area contributed by atoms with Gasteiger partial charge in [0.15, 0.2) is 5.82 Å². The van der Waals surface area contributed by atoms with Gasteiger partial charge in [0, 0.05) is 57.0 Å². The Balaban J connectivity index is 1.48. The zero-order valence-corrected chi connectivity index (χ0v) is 16.9. The van der Waals surface area contributed by atoms with E-state index in [0.29, 0.717) is 37.4 Å². The molecular formula is C22H21FN4O4. The van der Waals surface area contributed by atoms with Gasteiger partial charge in [0.25, 0.3) is 5.69 Å². The topological polar surface area (TPSA) is 90.5 Å². The predicted octanol–water partition coefficient (Wildman–Crippen LogP) is 3.75. The van der Waals surface area contributed by atoms with Crippen LogP contribution in [0.4, 0.5) is 15.8 Å². The number of hydrogen-bond acceptors (Lipinski definition) is 6. The Labute approximate surface area is 178 Å². The summed E-state index contributed by atoms with van der Waals surface area (Å²) >= 11 is 0. The fraction of sp³-hybridized carbons (Fsp3) is 0.273. The number of aromatic nitrogens is 2. The highest BCUT2D eigenvalue weighted by Crippen LogP contribution is 2.32. The molecule has 1 aliphatic heterocycles. The second-order valence-corrected chi connectivity index (χ2v) is 7.41. The molecule has 9 heteroatoms. The average molecular weight is 424 g/mol. The van der Waals surface area contributed by atoms with Gasteiger partial charge in [-0.2, -0.15) is 0 Å². The van der Waals surface area contributed by atoms with Gasteiger partial charge in [-0.05, 0) is 36.4 Å². The Hall–Kier alpha value is -3.75. The average Bonchev–Trinajstić information content (AvgIpc) is 3.21. The highest BCUT2D eigenvalue weighted by atomic mass is 19.1.